The zero-order valence-electron chi connectivity index (χ0n) is 17.9. The van der Waals surface area contributed by atoms with E-state index in [0.29, 0.717) is 11.3 Å². The van der Waals surface area contributed by atoms with Crippen LogP contribution in [-0.2, 0) is 6.18 Å². The summed E-state index contributed by atoms with van der Waals surface area (Å²) in [6.45, 7) is 0. The van der Waals surface area contributed by atoms with Gasteiger partial charge >= 0.3 is 6.18 Å². The number of benzene rings is 3. The van der Waals surface area contributed by atoms with Crippen LogP contribution in [0.4, 0.5) is 24.5 Å². The fraction of sp³-hybridized carbons (Fsp3) is 0.130. The van der Waals surface area contributed by atoms with Gasteiger partial charge in [0.2, 0.25) is 0 Å². The van der Waals surface area contributed by atoms with Gasteiger partial charge in [0.1, 0.15) is 22.9 Å². The third kappa shape index (κ3) is 5.90. The lowest BCUT2D eigenvalue weighted by atomic mass is 10.1. The van der Waals surface area contributed by atoms with Gasteiger partial charge in [0.05, 0.1) is 31.0 Å². The minimum Gasteiger partial charge on any atom is -0.506 e. The van der Waals surface area contributed by atoms with Gasteiger partial charge in [-0.1, -0.05) is 17.7 Å². The maximum Gasteiger partial charge on any atom is 0.416 e. The van der Waals surface area contributed by atoms with Gasteiger partial charge in [-0.15, -0.1) is 0 Å². The summed E-state index contributed by atoms with van der Waals surface area (Å²) in [5, 5.41) is 16.2. The monoisotopic (exact) mass is 493 g/mol. The van der Waals surface area contributed by atoms with Crippen molar-refractivity contribution in [2.75, 3.05) is 19.5 Å². The van der Waals surface area contributed by atoms with Crippen LogP contribution in [0, 0.1) is 0 Å². The van der Waals surface area contributed by atoms with E-state index in [1.54, 1.807) is 12.1 Å². The second kappa shape index (κ2) is 10.3. The number of methoxy groups -OCH3 is 2. The average Bonchev–Trinajstić information content (AvgIpc) is 2.80. The highest BCUT2D eigenvalue weighted by Crippen LogP contribution is 2.39. The normalized spacial score (nSPS) is 11.4. The lowest BCUT2D eigenvalue weighted by Crippen LogP contribution is -2.17. The van der Waals surface area contributed by atoms with Crippen molar-refractivity contribution in [2.24, 2.45) is 5.10 Å². The number of phenolic OH excluding ortho intramolecular Hbond substituents is 1. The van der Waals surface area contributed by atoms with Crippen LogP contribution < -0.4 is 20.2 Å². The van der Waals surface area contributed by atoms with E-state index in [9.17, 15) is 23.1 Å². The number of nitrogens with one attached hydrogen (secondary N) is 2. The summed E-state index contributed by atoms with van der Waals surface area (Å²) in [6, 6.07) is 11.8. The van der Waals surface area contributed by atoms with Gasteiger partial charge in [-0.05, 0) is 48.5 Å². The van der Waals surface area contributed by atoms with Crippen LogP contribution >= 0.6 is 11.6 Å². The molecule has 0 bridgehead atoms. The Morgan fingerprint density at radius 3 is 2.32 bits per heavy atom. The summed E-state index contributed by atoms with van der Waals surface area (Å²) >= 11 is 5.80. The standard InChI is InChI=1S/C23H19ClF3N3O4/c1-33-19-8-13(12-28-30-22(32)14-6-7-18(31)17(24)10-14)9-20(34-2)21(19)29-16-5-3-4-15(11-16)23(25,26)27/h3-12,29,31H,1-2H3,(H,30,32)/b28-12+. The molecule has 0 fully saturated rings. The number of halogens is 4. The van der Waals surface area contributed by atoms with Crippen LogP contribution in [0.15, 0.2) is 59.7 Å². The van der Waals surface area contributed by atoms with Crippen molar-refractivity contribution in [3.8, 4) is 17.2 Å². The molecule has 0 aliphatic rings. The minimum atomic E-state index is -4.48. The molecule has 0 radical (unpaired) electrons. The first-order valence-corrected chi connectivity index (χ1v) is 10.0. The van der Waals surface area contributed by atoms with E-state index in [-0.39, 0.29) is 33.5 Å². The van der Waals surface area contributed by atoms with E-state index in [1.807, 2.05) is 0 Å². The van der Waals surface area contributed by atoms with E-state index in [0.717, 1.165) is 12.1 Å². The highest BCUT2D eigenvalue weighted by Gasteiger charge is 2.30. The molecule has 7 nitrogen and oxygen atoms in total. The average molecular weight is 494 g/mol. The SMILES string of the molecule is COc1cc(/C=N/NC(=O)c2ccc(O)c(Cl)c2)cc(OC)c1Nc1cccc(C(F)(F)F)c1. The van der Waals surface area contributed by atoms with Crippen molar-refractivity contribution in [3.05, 3.63) is 76.3 Å². The molecule has 0 unspecified atom stereocenters. The Hall–Kier alpha value is -3.92. The Kier molecular flexibility index (Phi) is 7.52. The maximum absolute atomic E-state index is 13.0. The third-order valence-electron chi connectivity index (χ3n) is 4.58. The van der Waals surface area contributed by atoms with Gasteiger partial charge in [-0.3, -0.25) is 4.79 Å². The first-order chi connectivity index (χ1) is 16.1. The Labute approximate surface area is 197 Å². The lowest BCUT2D eigenvalue weighted by molar-refractivity contribution is -0.137. The number of hydrogen-bond acceptors (Lipinski definition) is 6. The fourth-order valence-corrected chi connectivity index (χ4v) is 3.11. The number of carbonyl (C=O) groups is 1. The molecule has 11 heteroatoms. The summed E-state index contributed by atoms with van der Waals surface area (Å²) < 4.78 is 49.8. The second-order valence-electron chi connectivity index (χ2n) is 6.87. The van der Waals surface area contributed by atoms with Gasteiger partial charge in [-0.25, -0.2) is 5.43 Å². The van der Waals surface area contributed by atoms with Crippen molar-refractivity contribution in [3.63, 3.8) is 0 Å². The van der Waals surface area contributed by atoms with Crippen molar-refractivity contribution in [1.82, 2.24) is 5.43 Å². The third-order valence-corrected chi connectivity index (χ3v) is 4.88. The van der Waals surface area contributed by atoms with Crippen molar-refractivity contribution in [2.45, 2.75) is 6.18 Å². The van der Waals surface area contributed by atoms with E-state index >= 15 is 0 Å². The van der Waals surface area contributed by atoms with E-state index in [2.05, 4.69) is 15.8 Å². The molecule has 3 rings (SSSR count). The molecule has 3 N–H and O–H groups in total. The second-order valence-corrected chi connectivity index (χ2v) is 7.28. The minimum absolute atomic E-state index is 0.0231. The molecule has 0 spiro atoms. The van der Waals surface area contributed by atoms with Crippen LogP contribution in [0.3, 0.4) is 0 Å². The molecule has 0 saturated heterocycles. The van der Waals surface area contributed by atoms with Crippen LogP contribution in [0.2, 0.25) is 5.02 Å². The molecule has 178 valence electrons. The molecule has 0 atom stereocenters. The molecule has 3 aromatic rings. The van der Waals surface area contributed by atoms with Crippen molar-refractivity contribution in [1.29, 1.82) is 0 Å². The van der Waals surface area contributed by atoms with Gasteiger partial charge in [0.25, 0.3) is 5.91 Å². The Morgan fingerprint density at radius 1 is 1.06 bits per heavy atom. The summed E-state index contributed by atoms with van der Waals surface area (Å²) in [5.41, 5.74) is 2.70. The summed E-state index contributed by atoms with van der Waals surface area (Å²) in [5.74, 6) is -0.163. The van der Waals surface area contributed by atoms with Crippen LogP contribution in [0.25, 0.3) is 0 Å². The quantitative estimate of drug-likeness (QED) is 0.295. The van der Waals surface area contributed by atoms with Gasteiger partial charge in [0, 0.05) is 16.8 Å². The number of anilines is 2. The summed E-state index contributed by atoms with van der Waals surface area (Å²) in [4.78, 5) is 12.2. The molecular weight excluding hydrogens is 475 g/mol. The highest BCUT2D eigenvalue weighted by molar-refractivity contribution is 6.32. The molecule has 3 aromatic carbocycles. The fourth-order valence-electron chi connectivity index (χ4n) is 2.93. The smallest absolute Gasteiger partial charge is 0.416 e. The van der Waals surface area contributed by atoms with Gasteiger partial charge in [-0.2, -0.15) is 18.3 Å². The molecule has 0 saturated carbocycles. The predicted molar refractivity (Wildman–Crippen MR) is 122 cm³/mol. The number of carbonyl (C=O) groups excluding carboxylic acids is 1. The largest absolute Gasteiger partial charge is 0.506 e. The van der Waals surface area contributed by atoms with Gasteiger partial charge in [0.15, 0.2) is 0 Å². The van der Waals surface area contributed by atoms with E-state index < -0.39 is 17.6 Å². The van der Waals surface area contributed by atoms with E-state index in [1.165, 1.54) is 50.8 Å². The van der Waals surface area contributed by atoms with Crippen molar-refractivity contribution >= 4 is 35.1 Å². The number of hydrazone groups is 1. The number of amides is 1. The zero-order valence-corrected chi connectivity index (χ0v) is 18.7. The first-order valence-electron chi connectivity index (χ1n) is 9.64. The number of phenols is 1. The number of hydrogen-bond donors (Lipinski definition) is 3. The number of rotatable bonds is 7. The molecular formula is C23H19ClF3N3O4. The van der Waals surface area contributed by atoms with Gasteiger partial charge < -0.3 is 19.9 Å². The highest BCUT2D eigenvalue weighted by atomic mass is 35.5. The lowest BCUT2D eigenvalue weighted by Gasteiger charge is -2.17. The molecule has 0 aliphatic carbocycles. The Balaban J connectivity index is 1.82. The maximum atomic E-state index is 13.0. The van der Waals surface area contributed by atoms with Crippen LogP contribution in [0.5, 0.6) is 17.2 Å². The number of ether oxygens (including phenoxy) is 2. The predicted octanol–water partition coefficient (Wildman–Crippen LogP) is 5.59. The first kappa shape index (κ1) is 24.7. The Bertz CT molecular complexity index is 1210. The number of aromatic hydroxyl groups is 1. The zero-order chi connectivity index (χ0) is 24.9. The summed E-state index contributed by atoms with van der Waals surface area (Å²) in [7, 11) is 2.78. The number of nitrogens with zero attached hydrogens (tertiary/aromatic N) is 1. The molecule has 0 aromatic heterocycles. The van der Waals surface area contributed by atoms with Crippen LogP contribution in [0.1, 0.15) is 21.5 Å². The molecule has 34 heavy (non-hydrogen) atoms. The molecule has 0 heterocycles. The van der Waals surface area contributed by atoms with Crippen molar-refractivity contribution < 1.29 is 32.5 Å². The molecule has 0 aliphatic heterocycles. The number of alkyl halides is 3. The molecule has 1 amide bonds. The Morgan fingerprint density at radius 2 is 1.74 bits per heavy atom. The topological polar surface area (TPSA) is 92.2 Å². The summed E-state index contributed by atoms with van der Waals surface area (Å²) in [6.07, 6.45) is -3.15. The van der Waals surface area contributed by atoms with E-state index in [4.69, 9.17) is 21.1 Å². The van der Waals surface area contributed by atoms with Crippen LogP contribution in [-0.4, -0.2) is 31.4 Å².